The maximum absolute atomic E-state index is 13.3. The molecule has 0 N–H and O–H groups in total. The number of benzene rings is 1. The number of hydrogen-bond donors (Lipinski definition) is 0. The first-order chi connectivity index (χ1) is 10.3. The van der Waals surface area contributed by atoms with Crippen LogP contribution in [0.4, 0.5) is 13.2 Å². The van der Waals surface area contributed by atoms with Gasteiger partial charge in [-0.2, -0.15) is 13.2 Å². The van der Waals surface area contributed by atoms with E-state index in [0.29, 0.717) is 16.3 Å². The van der Waals surface area contributed by atoms with Crippen LogP contribution in [0.1, 0.15) is 18.4 Å². The molecular formula is C15H15ClF3NO2. The molecule has 2 heterocycles. The molecule has 7 heteroatoms. The van der Waals surface area contributed by atoms with Crippen LogP contribution in [0.25, 0.3) is 0 Å². The summed E-state index contributed by atoms with van der Waals surface area (Å²) in [6, 6.07) is 4.77. The summed E-state index contributed by atoms with van der Waals surface area (Å²) in [6.07, 6.45) is -4.48. The molecule has 0 radical (unpaired) electrons. The maximum Gasteiger partial charge on any atom is 0.411 e. The van der Waals surface area contributed by atoms with Crippen molar-refractivity contribution in [2.45, 2.75) is 31.0 Å². The van der Waals surface area contributed by atoms with Gasteiger partial charge in [0.05, 0.1) is 13.5 Å². The van der Waals surface area contributed by atoms with Gasteiger partial charge in [0, 0.05) is 17.1 Å². The van der Waals surface area contributed by atoms with Crippen molar-refractivity contribution >= 4 is 17.5 Å². The molecule has 4 rings (SSSR count). The highest BCUT2D eigenvalue weighted by Gasteiger charge is 2.71. The second-order valence-electron chi connectivity index (χ2n) is 5.94. The number of halogens is 4. The molecule has 3 aliphatic rings. The zero-order chi connectivity index (χ0) is 16.1. The number of methoxy groups -OCH3 is 1. The summed E-state index contributed by atoms with van der Waals surface area (Å²) in [6.45, 7) is 0.182. The highest BCUT2D eigenvalue weighted by Crippen LogP contribution is 2.58. The molecule has 0 unspecified atom stereocenters. The first-order valence-corrected chi connectivity index (χ1v) is 7.34. The van der Waals surface area contributed by atoms with Crippen molar-refractivity contribution in [3.05, 3.63) is 28.8 Å². The molecule has 2 bridgehead atoms. The van der Waals surface area contributed by atoms with Gasteiger partial charge in [-0.25, -0.2) is 0 Å². The Hall–Kier alpha value is -1.43. The van der Waals surface area contributed by atoms with Crippen molar-refractivity contribution in [2.75, 3.05) is 13.7 Å². The zero-order valence-corrected chi connectivity index (χ0v) is 12.7. The topological polar surface area (TPSA) is 29.5 Å². The summed E-state index contributed by atoms with van der Waals surface area (Å²) in [4.78, 5) is 13.4. The fraction of sp³-hybridized carbons (Fsp3) is 0.533. The number of fused-ring (bicyclic) bond motifs is 1. The van der Waals surface area contributed by atoms with E-state index >= 15 is 0 Å². The Morgan fingerprint density at radius 3 is 2.73 bits per heavy atom. The van der Waals surface area contributed by atoms with Gasteiger partial charge in [-0.05, 0) is 37.0 Å². The molecule has 2 saturated heterocycles. The average molecular weight is 334 g/mol. The lowest BCUT2D eigenvalue weighted by Gasteiger charge is -2.43. The Bertz CT molecular complexity index is 611. The summed E-state index contributed by atoms with van der Waals surface area (Å²) >= 11 is 5.89. The lowest BCUT2D eigenvalue weighted by atomic mass is 9.72. The molecule has 1 aliphatic carbocycles. The molecule has 1 aromatic carbocycles. The molecule has 0 spiro atoms. The van der Waals surface area contributed by atoms with Crippen LogP contribution in [0.2, 0.25) is 5.02 Å². The van der Waals surface area contributed by atoms with Crippen molar-refractivity contribution in [3.8, 4) is 5.75 Å². The number of ether oxygens (including phenoxy) is 1. The molecular weight excluding hydrogens is 319 g/mol. The van der Waals surface area contributed by atoms with Crippen molar-refractivity contribution in [3.63, 3.8) is 0 Å². The van der Waals surface area contributed by atoms with E-state index in [9.17, 15) is 18.0 Å². The fourth-order valence-corrected chi connectivity index (χ4v) is 3.74. The van der Waals surface area contributed by atoms with Gasteiger partial charge in [0.2, 0.25) is 5.91 Å². The molecule has 1 amide bonds. The number of hydrogen-bond acceptors (Lipinski definition) is 2. The van der Waals surface area contributed by atoms with Crippen molar-refractivity contribution in [2.24, 2.45) is 5.92 Å². The highest BCUT2D eigenvalue weighted by molar-refractivity contribution is 6.30. The summed E-state index contributed by atoms with van der Waals surface area (Å²) in [7, 11) is 1.45. The van der Waals surface area contributed by atoms with E-state index in [4.69, 9.17) is 16.3 Å². The minimum Gasteiger partial charge on any atom is -0.496 e. The van der Waals surface area contributed by atoms with Crippen molar-refractivity contribution < 1.29 is 22.7 Å². The molecule has 3 fully saturated rings. The van der Waals surface area contributed by atoms with Crippen LogP contribution in [0, 0.1) is 5.92 Å². The van der Waals surface area contributed by atoms with E-state index in [-0.39, 0.29) is 31.7 Å². The summed E-state index contributed by atoms with van der Waals surface area (Å²) in [5.74, 6) is -0.116. The van der Waals surface area contributed by atoms with Gasteiger partial charge in [0.25, 0.3) is 0 Å². The Kier molecular flexibility index (Phi) is 3.55. The molecule has 1 aromatic rings. The van der Waals surface area contributed by atoms with Gasteiger partial charge in [-0.3, -0.25) is 4.79 Å². The van der Waals surface area contributed by atoms with Crippen LogP contribution < -0.4 is 4.74 Å². The number of amides is 1. The summed E-state index contributed by atoms with van der Waals surface area (Å²) in [5, 5.41) is 0.417. The lowest BCUT2D eigenvalue weighted by Crippen LogP contribution is -2.59. The Morgan fingerprint density at radius 1 is 1.45 bits per heavy atom. The van der Waals surface area contributed by atoms with Gasteiger partial charge < -0.3 is 9.64 Å². The van der Waals surface area contributed by atoms with Crippen LogP contribution in [0.5, 0.6) is 5.75 Å². The van der Waals surface area contributed by atoms with Crippen LogP contribution in [-0.2, 0) is 11.2 Å². The van der Waals surface area contributed by atoms with Gasteiger partial charge in [-0.1, -0.05) is 11.6 Å². The maximum atomic E-state index is 13.3. The predicted octanol–water partition coefficient (Wildman–Crippen LogP) is 3.44. The Labute approximate surface area is 131 Å². The fourth-order valence-electron chi connectivity index (χ4n) is 3.55. The first-order valence-electron chi connectivity index (χ1n) is 6.96. The van der Waals surface area contributed by atoms with E-state index in [1.165, 1.54) is 7.11 Å². The molecule has 3 nitrogen and oxygen atoms in total. The van der Waals surface area contributed by atoms with Gasteiger partial charge in [0.15, 0.2) is 0 Å². The standard InChI is InChI=1S/C15H15ClF3NO2/c1-22-12-3-2-11(16)4-10(12)5-13(21)20-8-9-6-14(20,7-9)15(17,18)19/h2-4,9H,5-8H2,1H3. The summed E-state index contributed by atoms with van der Waals surface area (Å²) in [5.41, 5.74) is -1.46. The third-order valence-corrected chi connectivity index (χ3v) is 4.86. The smallest absolute Gasteiger partial charge is 0.411 e. The SMILES string of the molecule is COc1ccc(Cl)cc1CC(=O)N1CC2CC1(C(F)(F)F)C2. The number of alkyl halides is 3. The number of nitrogens with zero attached hydrogens (tertiary/aromatic N) is 1. The first kappa shape index (κ1) is 15.5. The second-order valence-corrected chi connectivity index (χ2v) is 6.38. The van der Waals surface area contributed by atoms with Crippen molar-refractivity contribution in [1.82, 2.24) is 4.90 Å². The Balaban J connectivity index is 1.83. The third-order valence-electron chi connectivity index (χ3n) is 4.62. The second kappa shape index (κ2) is 5.05. The predicted molar refractivity (Wildman–Crippen MR) is 74.9 cm³/mol. The van der Waals surface area contributed by atoms with Gasteiger partial charge >= 0.3 is 6.18 Å². The molecule has 0 atom stereocenters. The Morgan fingerprint density at radius 2 is 2.14 bits per heavy atom. The quantitative estimate of drug-likeness (QED) is 0.848. The average Bonchev–Trinajstić information content (AvgIpc) is 2.94. The normalized spacial score (nSPS) is 26.8. The van der Waals surface area contributed by atoms with Crippen LogP contribution in [0.3, 0.4) is 0 Å². The minimum absolute atomic E-state index is 0.0227. The van der Waals surface area contributed by atoms with E-state index in [2.05, 4.69) is 0 Å². The molecule has 22 heavy (non-hydrogen) atoms. The molecule has 1 saturated carbocycles. The minimum atomic E-state index is -4.38. The monoisotopic (exact) mass is 333 g/mol. The number of rotatable bonds is 3. The largest absolute Gasteiger partial charge is 0.496 e. The van der Waals surface area contributed by atoms with E-state index in [0.717, 1.165) is 4.90 Å². The van der Waals surface area contributed by atoms with E-state index in [1.807, 2.05) is 0 Å². The number of carbonyl (C=O) groups is 1. The highest BCUT2D eigenvalue weighted by atomic mass is 35.5. The van der Waals surface area contributed by atoms with Crippen LogP contribution in [-0.4, -0.2) is 36.2 Å². The molecule has 0 aromatic heterocycles. The van der Waals surface area contributed by atoms with Crippen LogP contribution >= 0.6 is 11.6 Å². The third kappa shape index (κ3) is 2.24. The van der Waals surface area contributed by atoms with E-state index in [1.54, 1.807) is 18.2 Å². The lowest BCUT2D eigenvalue weighted by molar-refractivity contribution is -0.236. The number of carbonyl (C=O) groups excluding carboxylic acids is 1. The zero-order valence-electron chi connectivity index (χ0n) is 11.9. The van der Waals surface area contributed by atoms with Gasteiger partial charge in [0.1, 0.15) is 11.3 Å². The summed E-state index contributed by atoms with van der Waals surface area (Å²) < 4.78 is 45.0. The van der Waals surface area contributed by atoms with E-state index < -0.39 is 17.6 Å². The van der Waals surface area contributed by atoms with Crippen LogP contribution in [0.15, 0.2) is 18.2 Å². The van der Waals surface area contributed by atoms with Gasteiger partial charge in [-0.15, -0.1) is 0 Å². The van der Waals surface area contributed by atoms with Crippen molar-refractivity contribution in [1.29, 1.82) is 0 Å². The molecule has 120 valence electrons. The molecule has 2 aliphatic heterocycles.